The number of fused-ring (bicyclic) bond motifs is 1. The third-order valence-electron chi connectivity index (χ3n) is 6.18. The predicted octanol–water partition coefficient (Wildman–Crippen LogP) is 1.14. The van der Waals surface area contributed by atoms with Crippen molar-refractivity contribution in [1.29, 1.82) is 0 Å². The highest BCUT2D eigenvalue weighted by Crippen LogP contribution is 2.29. The molecule has 0 aliphatic carbocycles. The highest BCUT2D eigenvalue weighted by Gasteiger charge is 2.38. The summed E-state index contributed by atoms with van der Waals surface area (Å²) in [4.78, 5) is 43.4. The van der Waals surface area contributed by atoms with Crippen molar-refractivity contribution in [3.63, 3.8) is 0 Å². The number of allylic oxidation sites excluding steroid dienone is 1. The Morgan fingerprint density at radius 3 is 2.69 bits per heavy atom. The first-order valence-electron chi connectivity index (χ1n) is 10.3. The van der Waals surface area contributed by atoms with E-state index in [0.717, 1.165) is 37.3 Å². The quantitative estimate of drug-likeness (QED) is 0.829. The highest BCUT2D eigenvalue weighted by molar-refractivity contribution is 6.01. The fourth-order valence-electron chi connectivity index (χ4n) is 4.33. The molecular weight excluding hydrogens is 368 g/mol. The smallest absolute Gasteiger partial charge is 0.255 e. The minimum absolute atomic E-state index is 0.0901. The van der Waals surface area contributed by atoms with Crippen molar-refractivity contribution in [2.75, 3.05) is 33.2 Å². The van der Waals surface area contributed by atoms with Crippen molar-refractivity contribution < 1.29 is 14.4 Å². The van der Waals surface area contributed by atoms with Gasteiger partial charge in [-0.1, -0.05) is 18.7 Å². The summed E-state index contributed by atoms with van der Waals surface area (Å²) in [6.45, 7) is 7.67. The van der Waals surface area contributed by atoms with Crippen LogP contribution in [0.15, 0.2) is 30.5 Å². The van der Waals surface area contributed by atoms with Crippen LogP contribution in [-0.4, -0.2) is 71.7 Å². The van der Waals surface area contributed by atoms with Gasteiger partial charge in [-0.15, -0.1) is 0 Å². The van der Waals surface area contributed by atoms with Gasteiger partial charge in [0.05, 0.1) is 0 Å². The number of rotatable bonds is 4. The van der Waals surface area contributed by atoms with Crippen LogP contribution in [0.1, 0.15) is 40.7 Å². The molecule has 2 fully saturated rings. The van der Waals surface area contributed by atoms with Crippen molar-refractivity contribution in [1.82, 2.24) is 20.0 Å². The normalized spacial score (nSPS) is 22.7. The number of hydrogen-bond acceptors (Lipinski definition) is 4. The van der Waals surface area contributed by atoms with E-state index >= 15 is 0 Å². The fourth-order valence-corrected chi connectivity index (χ4v) is 4.33. The molecule has 1 aromatic rings. The van der Waals surface area contributed by atoms with Crippen LogP contribution in [0.2, 0.25) is 0 Å². The van der Waals surface area contributed by atoms with E-state index in [-0.39, 0.29) is 17.7 Å². The lowest BCUT2D eigenvalue weighted by molar-refractivity contribution is -0.132. The monoisotopic (exact) mass is 396 g/mol. The molecule has 1 unspecified atom stereocenters. The van der Waals surface area contributed by atoms with Gasteiger partial charge in [0.2, 0.25) is 11.8 Å². The van der Waals surface area contributed by atoms with Crippen LogP contribution in [-0.2, 0) is 22.6 Å². The number of piperazine rings is 1. The van der Waals surface area contributed by atoms with Crippen LogP contribution in [0.25, 0.3) is 0 Å². The third kappa shape index (κ3) is 4.05. The van der Waals surface area contributed by atoms with E-state index in [9.17, 15) is 14.4 Å². The van der Waals surface area contributed by atoms with Crippen LogP contribution in [0.3, 0.4) is 0 Å². The van der Waals surface area contributed by atoms with E-state index in [1.165, 1.54) is 0 Å². The molecule has 0 radical (unpaired) electrons. The average Bonchev–Trinajstić information content (AvgIpc) is 3.02. The molecule has 0 aromatic heterocycles. The molecule has 3 aliphatic rings. The largest absolute Gasteiger partial charge is 0.340 e. The summed E-state index contributed by atoms with van der Waals surface area (Å²) in [6, 6.07) is 5.35. The Balaban J connectivity index is 1.38. The minimum Gasteiger partial charge on any atom is -0.340 e. The average molecular weight is 396 g/mol. The van der Waals surface area contributed by atoms with Crippen molar-refractivity contribution in [3.05, 3.63) is 47.2 Å². The molecule has 4 rings (SSSR count). The molecule has 7 heteroatoms. The van der Waals surface area contributed by atoms with E-state index in [1.807, 2.05) is 23.1 Å². The minimum atomic E-state index is -0.442. The molecule has 29 heavy (non-hydrogen) atoms. The van der Waals surface area contributed by atoms with E-state index in [2.05, 4.69) is 23.8 Å². The number of carbonyl (C=O) groups is 3. The number of amides is 3. The number of benzene rings is 1. The summed E-state index contributed by atoms with van der Waals surface area (Å²) in [6.07, 6.45) is 2.44. The summed E-state index contributed by atoms with van der Waals surface area (Å²) in [5.41, 5.74) is 3.37. The van der Waals surface area contributed by atoms with E-state index < -0.39 is 6.04 Å². The molecule has 1 N–H and O–H groups in total. The van der Waals surface area contributed by atoms with Crippen molar-refractivity contribution in [2.24, 2.45) is 0 Å². The van der Waals surface area contributed by atoms with Crippen LogP contribution < -0.4 is 5.32 Å². The van der Waals surface area contributed by atoms with Gasteiger partial charge in [-0.3, -0.25) is 14.4 Å². The number of nitrogens with zero attached hydrogens (tertiary/aromatic N) is 3. The first-order chi connectivity index (χ1) is 13.9. The standard InChI is InChI=1S/C22H28N4O3/c1-15-3-7-19(21(28)23-15)26-14-17-13-16(4-6-18(17)22(26)29)5-8-20(27)25-11-9-24(2)10-12-25/h4,6,13,19H,1,3,5,7-12,14H2,2H3,(H,23,28). The van der Waals surface area contributed by atoms with Gasteiger partial charge in [-0.05, 0) is 43.5 Å². The Kier molecular flexibility index (Phi) is 5.41. The van der Waals surface area contributed by atoms with Gasteiger partial charge in [0.1, 0.15) is 6.04 Å². The van der Waals surface area contributed by atoms with E-state index in [4.69, 9.17) is 0 Å². The summed E-state index contributed by atoms with van der Waals surface area (Å²) in [5.74, 6) is -0.0523. The number of nitrogens with one attached hydrogen (secondary N) is 1. The Hall–Kier alpha value is -2.67. The molecule has 0 bridgehead atoms. The number of aryl methyl sites for hydroxylation is 1. The first kappa shape index (κ1) is 19.6. The lowest BCUT2D eigenvalue weighted by Crippen LogP contribution is -2.49. The van der Waals surface area contributed by atoms with E-state index in [0.29, 0.717) is 43.5 Å². The molecule has 3 aliphatic heterocycles. The Morgan fingerprint density at radius 2 is 1.97 bits per heavy atom. The van der Waals surface area contributed by atoms with Crippen molar-refractivity contribution in [3.8, 4) is 0 Å². The maximum atomic E-state index is 12.8. The number of piperidine rings is 1. The second kappa shape index (κ2) is 7.99. The second-order valence-corrected chi connectivity index (χ2v) is 8.26. The lowest BCUT2D eigenvalue weighted by atomic mass is 10.0. The zero-order chi connectivity index (χ0) is 20.5. The zero-order valence-corrected chi connectivity index (χ0v) is 16.9. The van der Waals surface area contributed by atoms with Gasteiger partial charge in [0, 0.05) is 50.4 Å². The Labute approximate surface area is 171 Å². The predicted molar refractivity (Wildman–Crippen MR) is 109 cm³/mol. The third-order valence-corrected chi connectivity index (χ3v) is 6.18. The molecule has 1 aromatic carbocycles. The number of carbonyl (C=O) groups excluding carboxylic acids is 3. The molecular formula is C22H28N4O3. The Morgan fingerprint density at radius 1 is 1.21 bits per heavy atom. The molecule has 154 valence electrons. The fraction of sp³-hybridized carbons (Fsp3) is 0.500. The molecule has 3 heterocycles. The molecule has 7 nitrogen and oxygen atoms in total. The van der Waals surface area contributed by atoms with Crippen LogP contribution >= 0.6 is 0 Å². The van der Waals surface area contributed by atoms with Crippen molar-refractivity contribution in [2.45, 2.75) is 38.3 Å². The van der Waals surface area contributed by atoms with Crippen molar-refractivity contribution >= 4 is 17.7 Å². The first-order valence-corrected chi connectivity index (χ1v) is 10.3. The van der Waals surface area contributed by atoms with E-state index in [1.54, 1.807) is 4.90 Å². The molecule has 0 saturated carbocycles. The maximum absolute atomic E-state index is 12.8. The molecule has 0 spiro atoms. The van der Waals surface area contributed by atoms with Crippen LogP contribution in [0.5, 0.6) is 0 Å². The molecule has 3 amide bonds. The lowest BCUT2D eigenvalue weighted by Gasteiger charge is -2.32. The summed E-state index contributed by atoms with van der Waals surface area (Å²) in [5, 5.41) is 2.76. The zero-order valence-electron chi connectivity index (χ0n) is 16.9. The number of hydrogen-bond donors (Lipinski definition) is 1. The van der Waals surface area contributed by atoms with Crippen LogP contribution in [0.4, 0.5) is 0 Å². The maximum Gasteiger partial charge on any atom is 0.255 e. The Bertz CT molecular complexity index is 858. The van der Waals surface area contributed by atoms with Gasteiger partial charge in [-0.25, -0.2) is 0 Å². The summed E-state index contributed by atoms with van der Waals surface area (Å²) in [7, 11) is 2.07. The van der Waals surface area contributed by atoms with Gasteiger partial charge in [0.15, 0.2) is 0 Å². The van der Waals surface area contributed by atoms with Gasteiger partial charge in [-0.2, -0.15) is 0 Å². The highest BCUT2D eigenvalue weighted by atomic mass is 16.2. The molecule has 1 atom stereocenters. The van der Waals surface area contributed by atoms with Crippen LogP contribution in [0, 0.1) is 0 Å². The second-order valence-electron chi connectivity index (χ2n) is 8.26. The van der Waals surface area contributed by atoms with Gasteiger partial charge in [0.25, 0.3) is 5.91 Å². The van der Waals surface area contributed by atoms with Gasteiger partial charge < -0.3 is 20.0 Å². The van der Waals surface area contributed by atoms with Gasteiger partial charge >= 0.3 is 0 Å². The number of likely N-dealkylation sites (N-methyl/N-ethyl adjacent to an activating group) is 1. The SMILES string of the molecule is C=C1CCC(N2Cc3cc(CCC(=O)N4CCN(C)CC4)ccc3C2=O)C(=O)N1. The summed E-state index contributed by atoms with van der Waals surface area (Å²) >= 11 is 0. The molecule has 2 saturated heterocycles. The topological polar surface area (TPSA) is 73.0 Å². The summed E-state index contributed by atoms with van der Waals surface area (Å²) < 4.78 is 0.